The minimum absolute atomic E-state index is 0.00844. The summed E-state index contributed by atoms with van der Waals surface area (Å²) in [7, 11) is 1.56. The molecule has 1 aliphatic rings. The minimum Gasteiger partial charge on any atom is -0.495 e. The molecule has 1 amide bonds. The number of nitrogens with two attached hydrogens (primary N) is 1. The molecule has 0 bridgehead atoms. The van der Waals surface area contributed by atoms with Crippen LogP contribution in [0.15, 0.2) is 42.9 Å². The third-order valence-corrected chi connectivity index (χ3v) is 5.94. The monoisotopic (exact) mass is 484 g/mol. The molecule has 10 nitrogen and oxygen atoms in total. The van der Waals surface area contributed by atoms with Crippen LogP contribution >= 0.6 is 11.6 Å². The van der Waals surface area contributed by atoms with Gasteiger partial charge >= 0.3 is 5.91 Å². The van der Waals surface area contributed by atoms with Crippen LogP contribution in [0.25, 0.3) is 0 Å². The van der Waals surface area contributed by atoms with E-state index in [-0.39, 0.29) is 30.8 Å². The standard InChI is InChI=1S/C23H26ClN7O3/c1-34-18-6-5-15(10-17(18)24)11-28-22-21(23(33)29-12-19-25-7-3-8-26-19)27-13-20(30-22)31-9-2-4-16(31)14-32/h3,5-8,10,13,16,32H,2,4,9,11-12,14H2,1H3,(H,28,30)(H,29,33)/p+1/t16-/m0/s1. The van der Waals surface area contributed by atoms with Gasteiger partial charge in [0.2, 0.25) is 5.69 Å². The minimum atomic E-state index is -0.276. The average Bonchev–Trinajstić information content (AvgIpc) is 3.35. The number of aliphatic hydroxyl groups is 1. The van der Waals surface area contributed by atoms with Crippen molar-refractivity contribution < 1.29 is 20.0 Å². The third-order valence-electron chi connectivity index (χ3n) is 5.64. The van der Waals surface area contributed by atoms with Crippen LogP contribution in [0, 0.1) is 0 Å². The van der Waals surface area contributed by atoms with E-state index in [1.807, 2.05) is 11.0 Å². The molecule has 0 radical (unpaired) electrons. The van der Waals surface area contributed by atoms with E-state index in [9.17, 15) is 9.90 Å². The van der Waals surface area contributed by atoms with Gasteiger partial charge in [0.15, 0.2) is 11.6 Å². The zero-order valence-corrected chi connectivity index (χ0v) is 19.6. The van der Waals surface area contributed by atoms with E-state index >= 15 is 0 Å². The van der Waals surface area contributed by atoms with Crippen molar-refractivity contribution in [3.05, 3.63) is 65.0 Å². The molecular formula is C23H27ClN7O3+. The molecule has 0 aliphatic carbocycles. The molecule has 0 spiro atoms. The Hall–Kier alpha value is -3.34. The van der Waals surface area contributed by atoms with Gasteiger partial charge in [-0.3, -0.25) is 5.32 Å². The molecule has 3 heterocycles. The number of rotatable bonds is 9. The van der Waals surface area contributed by atoms with Gasteiger partial charge in [0, 0.05) is 25.5 Å². The highest BCUT2D eigenvalue weighted by Gasteiger charge is 2.27. The van der Waals surface area contributed by atoms with Crippen LogP contribution in [0.4, 0.5) is 11.6 Å². The molecule has 0 saturated carbocycles. The van der Waals surface area contributed by atoms with Crippen molar-refractivity contribution in [2.45, 2.75) is 32.0 Å². The van der Waals surface area contributed by atoms with Gasteiger partial charge in [-0.05, 0) is 36.6 Å². The van der Waals surface area contributed by atoms with Gasteiger partial charge in [0.05, 0.1) is 31.0 Å². The van der Waals surface area contributed by atoms with Gasteiger partial charge in [-0.25, -0.2) is 24.7 Å². The molecule has 2 aromatic heterocycles. The molecular weight excluding hydrogens is 458 g/mol. The van der Waals surface area contributed by atoms with Crippen LogP contribution in [-0.2, 0) is 13.1 Å². The Morgan fingerprint density at radius 3 is 2.88 bits per heavy atom. The van der Waals surface area contributed by atoms with E-state index in [0.29, 0.717) is 34.8 Å². The maximum atomic E-state index is 13.0. The molecule has 0 unspecified atom stereocenters. The summed E-state index contributed by atoms with van der Waals surface area (Å²) >= 11 is 6.25. The average molecular weight is 485 g/mol. The second kappa shape index (κ2) is 11.2. The Balaban J connectivity index is 1.56. The number of ether oxygens (including phenoxy) is 1. The molecule has 1 aliphatic heterocycles. The van der Waals surface area contributed by atoms with Crippen molar-refractivity contribution in [2.24, 2.45) is 0 Å². The first kappa shape index (κ1) is 23.8. The van der Waals surface area contributed by atoms with Gasteiger partial charge in [-0.2, -0.15) is 0 Å². The van der Waals surface area contributed by atoms with Crippen LogP contribution in [0.1, 0.15) is 34.7 Å². The number of aromatic nitrogens is 4. The first-order chi connectivity index (χ1) is 16.6. The Labute approximate surface area is 202 Å². The van der Waals surface area contributed by atoms with Crippen LogP contribution in [0.3, 0.4) is 0 Å². The fourth-order valence-corrected chi connectivity index (χ4v) is 4.15. The van der Waals surface area contributed by atoms with Gasteiger partial charge in [0.1, 0.15) is 18.1 Å². The summed E-state index contributed by atoms with van der Waals surface area (Å²) < 4.78 is 5.21. The van der Waals surface area contributed by atoms with E-state index in [1.54, 1.807) is 43.9 Å². The fraction of sp³-hybridized carbons (Fsp3) is 0.348. The van der Waals surface area contributed by atoms with E-state index < -0.39 is 0 Å². The lowest BCUT2D eigenvalue weighted by molar-refractivity contribution is -0.573. The number of quaternary nitrogens is 1. The van der Waals surface area contributed by atoms with E-state index in [2.05, 4.69) is 20.3 Å². The van der Waals surface area contributed by atoms with Crippen molar-refractivity contribution in [1.82, 2.24) is 19.9 Å². The number of amides is 1. The largest absolute Gasteiger partial charge is 0.495 e. The number of hydrogen-bond acceptors (Lipinski definition) is 9. The lowest BCUT2D eigenvalue weighted by atomic mass is 10.2. The number of nitrogens with one attached hydrogen (secondary N) is 1. The molecule has 1 atom stereocenters. The summed E-state index contributed by atoms with van der Waals surface area (Å²) in [5.41, 5.74) is 1.10. The number of nitrogens with zero attached hydrogens (tertiary/aromatic N) is 5. The topological polar surface area (TPSA) is 130 Å². The summed E-state index contributed by atoms with van der Waals surface area (Å²) in [4.78, 5) is 32.5. The van der Waals surface area contributed by atoms with Crippen molar-refractivity contribution in [2.75, 3.05) is 30.5 Å². The van der Waals surface area contributed by atoms with Gasteiger partial charge in [-0.1, -0.05) is 17.7 Å². The van der Waals surface area contributed by atoms with Crippen LogP contribution in [-0.4, -0.2) is 57.3 Å². The summed E-state index contributed by atoms with van der Waals surface area (Å²) in [6.07, 6.45) is 6.71. The number of primary amides is 1. The molecule has 1 saturated heterocycles. The van der Waals surface area contributed by atoms with Crippen molar-refractivity contribution >= 4 is 29.1 Å². The molecule has 1 aromatic carbocycles. The second-order valence-corrected chi connectivity index (χ2v) is 8.26. The molecule has 34 heavy (non-hydrogen) atoms. The van der Waals surface area contributed by atoms with E-state index in [4.69, 9.17) is 21.3 Å². The number of anilines is 2. The quantitative estimate of drug-likeness (QED) is 0.412. The fourth-order valence-electron chi connectivity index (χ4n) is 3.87. The van der Waals surface area contributed by atoms with Crippen LogP contribution < -0.4 is 20.3 Å². The van der Waals surface area contributed by atoms with E-state index in [1.165, 1.54) is 5.32 Å². The first-order valence-corrected chi connectivity index (χ1v) is 11.4. The SMILES string of the molecule is COc1ccc(CNc2nc(N3CCC[C@H]3CO)cnc2C(=O)[NH2+]Cc2ncccn2)cc1Cl. The highest BCUT2D eigenvalue weighted by atomic mass is 35.5. The highest BCUT2D eigenvalue weighted by molar-refractivity contribution is 6.32. The molecule has 178 valence electrons. The Kier molecular flexibility index (Phi) is 7.84. The number of halogens is 1. The lowest BCUT2D eigenvalue weighted by Crippen LogP contribution is -2.86. The smallest absolute Gasteiger partial charge is 0.365 e. The Bertz CT molecular complexity index is 1130. The molecule has 4 rings (SSSR count). The first-order valence-electron chi connectivity index (χ1n) is 11.0. The van der Waals surface area contributed by atoms with Gasteiger partial charge in [-0.15, -0.1) is 0 Å². The number of aliphatic hydroxyl groups excluding tert-OH is 1. The molecule has 11 heteroatoms. The van der Waals surface area contributed by atoms with Crippen molar-refractivity contribution in [3.63, 3.8) is 0 Å². The predicted molar refractivity (Wildman–Crippen MR) is 127 cm³/mol. The molecule has 1 fully saturated rings. The van der Waals surface area contributed by atoms with Gasteiger partial charge in [0.25, 0.3) is 0 Å². The molecule has 4 N–H and O–H groups in total. The van der Waals surface area contributed by atoms with Gasteiger partial charge < -0.3 is 20.1 Å². The lowest BCUT2D eigenvalue weighted by Gasteiger charge is -2.24. The normalized spacial score (nSPS) is 15.4. The van der Waals surface area contributed by atoms with Crippen molar-refractivity contribution in [3.8, 4) is 5.75 Å². The number of methoxy groups -OCH3 is 1. The van der Waals surface area contributed by atoms with Crippen LogP contribution in [0.2, 0.25) is 5.02 Å². The predicted octanol–water partition coefficient (Wildman–Crippen LogP) is 1.41. The van der Waals surface area contributed by atoms with Crippen molar-refractivity contribution in [1.29, 1.82) is 0 Å². The Morgan fingerprint density at radius 2 is 2.15 bits per heavy atom. The number of carbonyl (C=O) groups is 1. The Morgan fingerprint density at radius 1 is 1.32 bits per heavy atom. The summed E-state index contributed by atoms with van der Waals surface area (Å²) in [6.45, 7) is 1.49. The second-order valence-electron chi connectivity index (χ2n) is 7.86. The zero-order valence-electron chi connectivity index (χ0n) is 18.8. The molecule has 3 aromatic rings. The van der Waals surface area contributed by atoms with Crippen LogP contribution in [0.5, 0.6) is 5.75 Å². The summed E-state index contributed by atoms with van der Waals surface area (Å²) in [5.74, 6) is 1.84. The summed E-state index contributed by atoms with van der Waals surface area (Å²) in [6, 6.07) is 7.19. The maximum absolute atomic E-state index is 13.0. The number of hydrogen-bond donors (Lipinski definition) is 3. The highest BCUT2D eigenvalue weighted by Crippen LogP contribution is 2.27. The van der Waals surface area contributed by atoms with E-state index in [0.717, 1.165) is 24.9 Å². The number of carbonyl (C=O) groups excluding carboxylic acids is 1. The third kappa shape index (κ3) is 5.58. The number of benzene rings is 1. The maximum Gasteiger partial charge on any atom is 0.365 e. The summed E-state index contributed by atoms with van der Waals surface area (Å²) in [5, 5.41) is 14.9. The zero-order chi connectivity index (χ0) is 23.9.